The van der Waals surface area contributed by atoms with E-state index in [0.29, 0.717) is 0 Å². The molecular weight excluding hydrogens is 242 g/mol. The molecule has 0 atom stereocenters. The molecule has 0 spiro atoms. The molecule has 0 radical (unpaired) electrons. The fourth-order valence-corrected chi connectivity index (χ4v) is 0.313. The van der Waals surface area contributed by atoms with Crippen molar-refractivity contribution in [3.8, 4) is 0 Å². The predicted octanol–water partition coefficient (Wildman–Crippen LogP) is 0.929. The maximum Gasteiger partial charge on any atom is 0.0267 e. The molecule has 0 aromatic carbocycles. The zero-order chi connectivity index (χ0) is 12.2. The second kappa shape index (κ2) is 79.7. The normalized spacial score (nSPS) is 3.73. The third kappa shape index (κ3) is 66.6. The van der Waals surface area contributed by atoms with Crippen molar-refractivity contribution in [1.29, 1.82) is 0 Å². The van der Waals surface area contributed by atoms with Gasteiger partial charge in [0.2, 0.25) is 0 Å². The van der Waals surface area contributed by atoms with Crippen molar-refractivity contribution >= 4 is 0 Å². The van der Waals surface area contributed by atoms with E-state index < -0.39 is 0 Å². The average Bonchev–Trinajstić information content (AvgIpc) is 2.41. The van der Waals surface area contributed by atoms with Crippen LogP contribution in [0.3, 0.4) is 0 Å². The first-order valence-electron chi connectivity index (χ1n) is 2.67. The van der Waals surface area contributed by atoms with Gasteiger partial charge in [0.1, 0.15) is 0 Å². The molecule has 0 aliphatic rings. The summed E-state index contributed by atoms with van der Waals surface area (Å²) in [6.07, 6.45) is 3.50. The molecule has 0 saturated heterocycles. The average molecular weight is 247 g/mol. The summed E-state index contributed by atoms with van der Waals surface area (Å²) in [7, 11) is 0. The third-order valence-electron chi connectivity index (χ3n) is 0.566. The number of hydrogen-bond donors (Lipinski definition) is 0. The molecule has 0 unspecified atom stereocenters. The molecule has 0 fully saturated rings. The van der Waals surface area contributed by atoms with Crippen LogP contribution >= 0.6 is 0 Å². The van der Waals surface area contributed by atoms with E-state index >= 15 is 0 Å². The molecule has 0 bridgehead atoms. The van der Waals surface area contributed by atoms with Crippen molar-refractivity contribution in [3.63, 3.8) is 0 Å². The largest absolute Gasteiger partial charge is 0.265 e. The Morgan fingerprint density at radius 3 is 0.933 bits per heavy atom. The van der Waals surface area contributed by atoms with Crippen LogP contribution in [0.4, 0.5) is 0 Å². The standard InChI is InChI=1S/C5H5N.4CO.Fe/c1-2-4-6-5-3-1;4*1-2;/h1-5H;;;;;. The molecule has 0 saturated carbocycles. The van der Waals surface area contributed by atoms with E-state index in [-0.39, 0.29) is 17.1 Å². The monoisotopic (exact) mass is 247 g/mol. The summed E-state index contributed by atoms with van der Waals surface area (Å²) in [6, 6.07) is 5.72. The van der Waals surface area contributed by atoms with Crippen LogP contribution in [-0.4, -0.2) is 4.98 Å². The van der Waals surface area contributed by atoms with E-state index in [4.69, 9.17) is 18.6 Å². The van der Waals surface area contributed by atoms with Gasteiger partial charge in [-0.25, -0.2) is 0 Å². The summed E-state index contributed by atoms with van der Waals surface area (Å²) >= 11 is 0. The Bertz CT molecular complexity index is 192. The summed E-state index contributed by atoms with van der Waals surface area (Å²) in [6.45, 7) is 18.0. The van der Waals surface area contributed by atoms with Gasteiger partial charge in [-0.2, -0.15) is 0 Å². The van der Waals surface area contributed by atoms with Gasteiger partial charge in [0.05, 0.1) is 0 Å². The first-order valence-corrected chi connectivity index (χ1v) is 2.67. The fourth-order valence-electron chi connectivity index (χ4n) is 0.313. The summed E-state index contributed by atoms with van der Waals surface area (Å²) in [4.78, 5) is 3.78. The Morgan fingerprint density at radius 1 is 0.600 bits per heavy atom. The van der Waals surface area contributed by atoms with Gasteiger partial charge in [0.25, 0.3) is 0 Å². The Hall–Kier alpha value is -1.37. The van der Waals surface area contributed by atoms with Crippen LogP contribution in [0, 0.1) is 26.6 Å². The first-order chi connectivity index (χ1) is 7.00. The van der Waals surface area contributed by atoms with Crippen LogP contribution in [0.25, 0.3) is 0 Å². The van der Waals surface area contributed by atoms with Gasteiger partial charge in [-0.1, -0.05) is 6.07 Å². The molecule has 1 heterocycles. The van der Waals surface area contributed by atoms with Crippen molar-refractivity contribution in [3.05, 3.63) is 57.2 Å². The maximum absolute atomic E-state index is 7.50. The van der Waals surface area contributed by atoms with E-state index in [2.05, 4.69) is 31.6 Å². The van der Waals surface area contributed by atoms with Crippen molar-refractivity contribution in [2.45, 2.75) is 0 Å². The topological polar surface area (TPSA) is 92.5 Å². The quantitative estimate of drug-likeness (QED) is 0.380. The van der Waals surface area contributed by atoms with Gasteiger partial charge in [-0.05, 0) is 12.1 Å². The molecule has 0 amide bonds. The Balaban J connectivity index is -0.0000000325. The second-order valence-electron chi connectivity index (χ2n) is 1.02. The molecule has 78 valence electrons. The minimum atomic E-state index is 0. The molecule has 1 rings (SSSR count). The molecule has 0 aliphatic carbocycles. The summed E-state index contributed by atoms with van der Waals surface area (Å²) in [5.41, 5.74) is 0. The van der Waals surface area contributed by atoms with Gasteiger partial charge >= 0.3 is 45.2 Å². The van der Waals surface area contributed by atoms with Crippen molar-refractivity contribution in [1.82, 2.24) is 4.98 Å². The third-order valence-corrected chi connectivity index (χ3v) is 0.566. The molecule has 1 aromatic rings. The number of hydrogen-bond acceptors (Lipinski definition) is 1. The zero-order valence-corrected chi connectivity index (χ0v) is 8.42. The van der Waals surface area contributed by atoms with Crippen LogP contribution in [0.1, 0.15) is 0 Å². The molecule has 5 nitrogen and oxygen atoms in total. The van der Waals surface area contributed by atoms with Gasteiger partial charge in [-0.15, -0.1) is 0 Å². The van der Waals surface area contributed by atoms with Crippen molar-refractivity contribution in [2.24, 2.45) is 0 Å². The number of rotatable bonds is 0. The molecular formula is C9H5FeNO4. The Kier molecular flexibility index (Phi) is 155. The first kappa shape index (κ1) is 29.2. The Morgan fingerprint density at radius 2 is 0.867 bits per heavy atom. The van der Waals surface area contributed by atoms with E-state index in [1.165, 1.54) is 0 Å². The summed E-state index contributed by atoms with van der Waals surface area (Å²) in [5, 5.41) is 0. The SMILES string of the molecule is [C-]#[O+].[C-]#[O+].[C-]#[O+].[C-]#[O+].[Fe].c1ccncc1. The van der Waals surface area contributed by atoms with E-state index in [9.17, 15) is 0 Å². The molecule has 6 heteroatoms. The zero-order valence-electron chi connectivity index (χ0n) is 7.32. The molecule has 1 aromatic heterocycles. The van der Waals surface area contributed by atoms with Gasteiger partial charge in [0, 0.05) is 29.5 Å². The minimum Gasteiger partial charge on any atom is -0.265 e. The van der Waals surface area contributed by atoms with Crippen molar-refractivity contribution in [2.75, 3.05) is 0 Å². The van der Waals surface area contributed by atoms with Crippen LogP contribution in [0.15, 0.2) is 30.6 Å². The van der Waals surface area contributed by atoms with E-state index in [1.54, 1.807) is 12.4 Å². The van der Waals surface area contributed by atoms with E-state index in [1.807, 2.05) is 18.2 Å². The van der Waals surface area contributed by atoms with Crippen LogP contribution in [-0.2, 0) is 35.7 Å². The van der Waals surface area contributed by atoms with Crippen LogP contribution < -0.4 is 0 Å². The van der Waals surface area contributed by atoms with Gasteiger partial charge in [-0.3, -0.25) is 4.98 Å². The predicted molar refractivity (Wildman–Crippen MR) is 40.0 cm³/mol. The second-order valence-corrected chi connectivity index (χ2v) is 1.02. The summed E-state index contributed by atoms with van der Waals surface area (Å²) in [5.74, 6) is 0. The number of nitrogens with zero attached hydrogens (tertiary/aromatic N) is 1. The minimum absolute atomic E-state index is 0. The maximum atomic E-state index is 7.50. The Labute approximate surface area is 98.3 Å². The van der Waals surface area contributed by atoms with Crippen LogP contribution in [0.5, 0.6) is 0 Å². The number of pyridine rings is 1. The molecule has 0 aliphatic heterocycles. The molecule has 0 N–H and O–H groups in total. The van der Waals surface area contributed by atoms with Crippen LogP contribution in [0.2, 0.25) is 0 Å². The fraction of sp³-hybridized carbons (Fsp3) is 0. The van der Waals surface area contributed by atoms with Gasteiger partial charge in [0.15, 0.2) is 0 Å². The van der Waals surface area contributed by atoms with Crippen molar-refractivity contribution < 1.29 is 35.7 Å². The summed E-state index contributed by atoms with van der Waals surface area (Å²) < 4.78 is 30.0. The number of aromatic nitrogens is 1. The van der Waals surface area contributed by atoms with Gasteiger partial charge < -0.3 is 0 Å². The van der Waals surface area contributed by atoms with E-state index in [0.717, 1.165) is 0 Å². The molecule has 15 heavy (non-hydrogen) atoms. The smallest absolute Gasteiger partial charge is 0.0267 e.